The third kappa shape index (κ3) is 10.0. The van der Waals surface area contributed by atoms with Crippen LogP contribution < -0.4 is 10.6 Å². The highest BCUT2D eigenvalue weighted by molar-refractivity contribution is 14.0. The molecule has 6 nitrogen and oxygen atoms in total. The topological polar surface area (TPSA) is 90.8 Å². The molecule has 144 valence electrons. The van der Waals surface area contributed by atoms with E-state index in [-0.39, 0.29) is 41.8 Å². The number of guanidine groups is 1. The predicted molar refractivity (Wildman–Crippen MR) is 111 cm³/mol. The number of hydrogen-bond acceptors (Lipinski definition) is 4. The van der Waals surface area contributed by atoms with Gasteiger partial charge in [-0.2, -0.15) is 0 Å². The molecule has 1 saturated carbocycles. The summed E-state index contributed by atoms with van der Waals surface area (Å²) in [6.45, 7) is 4.30. The van der Waals surface area contributed by atoms with Crippen LogP contribution >= 0.6 is 24.0 Å². The van der Waals surface area contributed by atoms with Gasteiger partial charge in [0.15, 0.2) is 5.96 Å². The van der Waals surface area contributed by atoms with Crippen molar-refractivity contribution >= 4 is 39.8 Å². The van der Waals surface area contributed by atoms with E-state index in [9.17, 15) is 13.5 Å². The summed E-state index contributed by atoms with van der Waals surface area (Å²) in [6.07, 6.45) is 8.61. The van der Waals surface area contributed by atoms with E-state index < -0.39 is 9.84 Å². The van der Waals surface area contributed by atoms with Crippen LogP contribution in [0.4, 0.5) is 0 Å². The van der Waals surface area contributed by atoms with Gasteiger partial charge < -0.3 is 15.7 Å². The van der Waals surface area contributed by atoms with Crippen molar-refractivity contribution in [2.45, 2.75) is 51.9 Å². The zero-order valence-corrected chi connectivity index (χ0v) is 18.2. The molecule has 0 saturated heterocycles. The second kappa shape index (κ2) is 12.3. The highest BCUT2D eigenvalue weighted by Crippen LogP contribution is 2.39. The van der Waals surface area contributed by atoms with Crippen LogP contribution in [-0.4, -0.2) is 57.7 Å². The van der Waals surface area contributed by atoms with Crippen LogP contribution in [0.3, 0.4) is 0 Å². The van der Waals surface area contributed by atoms with Gasteiger partial charge in [0.25, 0.3) is 0 Å². The van der Waals surface area contributed by atoms with Crippen molar-refractivity contribution in [3.05, 3.63) is 0 Å². The molecule has 1 fully saturated rings. The number of hydrogen-bond donors (Lipinski definition) is 3. The van der Waals surface area contributed by atoms with Crippen molar-refractivity contribution in [1.29, 1.82) is 0 Å². The molecule has 0 aromatic carbocycles. The quantitative estimate of drug-likeness (QED) is 0.205. The number of sulfone groups is 1. The molecule has 0 bridgehead atoms. The van der Waals surface area contributed by atoms with Crippen LogP contribution in [0.25, 0.3) is 0 Å². The summed E-state index contributed by atoms with van der Waals surface area (Å²) in [5, 5.41) is 15.8. The molecule has 0 aromatic rings. The predicted octanol–water partition coefficient (Wildman–Crippen LogP) is 1.93. The summed E-state index contributed by atoms with van der Waals surface area (Å²) in [5.74, 6) is 0.928. The maximum Gasteiger partial charge on any atom is 0.191 e. The molecule has 24 heavy (non-hydrogen) atoms. The van der Waals surface area contributed by atoms with E-state index in [0.717, 1.165) is 38.3 Å². The second-order valence-corrected chi connectivity index (χ2v) is 8.90. The highest BCUT2D eigenvalue weighted by Gasteiger charge is 2.31. The molecule has 0 spiro atoms. The molecule has 0 aromatic heterocycles. The summed E-state index contributed by atoms with van der Waals surface area (Å²) in [6, 6.07) is 0. The van der Waals surface area contributed by atoms with Crippen LogP contribution in [0.1, 0.15) is 51.9 Å². The summed E-state index contributed by atoms with van der Waals surface area (Å²) < 4.78 is 22.3. The molecular formula is C16H34IN3O3S. The van der Waals surface area contributed by atoms with Crippen LogP contribution in [0.2, 0.25) is 0 Å². The molecule has 0 heterocycles. The maximum atomic E-state index is 11.2. The fourth-order valence-corrected chi connectivity index (χ4v) is 3.82. The van der Waals surface area contributed by atoms with Crippen molar-refractivity contribution < 1.29 is 13.5 Å². The molecule has 0 aliphatic heterocycles. The third-order valence-corrected chi connectivity index (χ3v) is 5.49. The van der Waals surface area contributed by atoms with E-state index in [1.807, 2.05) is 6.92 Å². The maximum absolute atomic E-state index is 11.2. The minimum absolute atomic E-state index is 0. The monoisotopic (exact) mass is 475 g/mol. The second-order valence-electron chi connectivity index (χ2n) is 6.64. The van der Waals surface area contributed by atoms with Crippen molar-refractivity contribution in [1.82, 2.24) is 10.6 Å². The Hall–Kier alpha value is -0.0900. The Labute approximate surface area is 164 Å². The zero-order valence-electron chi connectivity index (χ0n) is 15.0. The summed E-state index contributed by atoms with van der Waals surface area (Å²) in [5.41, 5.74) is 0.127. The number of halogens is 1. The lowest BCUT2D eigenvalue weighted by molar-refractivity contribution is 0.137. The lowest BCUT2D eigenvalue weighted by atomic mass is 9.72. The van der Waals surface area contributed by atoms with Crippen molar-refractivity contribution in [2.75, 3.05) is 38.2 Å². The largest absolute Gasteiger partial charge is 0.396 e. The molecule has 1 rings (SSSR count). The van der Waals surface area contributed by atoms with Gasteiger partial charge in [-0.15, -0.1) is 24.0 Å². The standard InChI is InChI=1S/C16H33N3O3S.HI/c1-3-17-15(18-11-7-13-23(2,21)22)19-14-16(10-12-20)8-5-4-6-9-16;/h20H,3-14H2,1-2H3,(H2,17,18,19);1H. The number of aliphatic imine (C=N–C) groups is 1. The van der Waals surface area contributed by atoms with Crippen molar-refractivity contribution in [3.63, 3.8) is 0 Å². The average Bonchev–Trinajstić information content (AvgIpc) is 2.49. The molecule has 0 amide bonds. The average molecular weight is 475 g/mol. The van der Waals surface area contributed by atoms with Gasteiger partial charge in [-0.25, -0.2) is 8.42 Å². The highest BCUT2D eigenvalue weighted by atomic mass is 127. The van der Waals surface area contributed by atoms with E-state index in [4.69, 9.17) is 4.99 Å². The fraction of sp³-hybridized carbons (Fsp3) is 0.938. The number of rotatable bonds is 9. The van der Waals surface area contributed by atoms with Gasteiger partial charge in [-0.05, 0) is 38.0 Å². The van der Waals surface area contributed by atoms with Crippen LogP contribution in [0.15, 0.2) is 4.99 Å². The molecule has 1 aliphatic carbocycles. The van der Waals surface area contributed by atoms with E-state index in [2.05, 4.69) is 10.6 Å². The fourth-order valence-electron chi connectivity index (χ4n) is 3.16. The Morgan fingerprint density at radius 1 is 1.21 bits per heavy atom. The molecule has 0 unspecified atom stereocenters. The third-order valence-electron chi connectivity index (χ3n) is 4.46. The Balaban J connectivity index is 0.00000529. The first-order valence-corrected chi connectivity index (χ1v) is 10.8. The van der Waals surface area contributed by atoms with E-state index >= 15 is 0 Å². The van der Waals surface area contributed by atoms with E-state index in [0.29, 0.717) is 13.0 Å². The number of nitrogens with one attached hydrogen (secondary N) is 2. The molecule has 3 N–H and O–H groups in total. The lowest BCUT2D eigenvalue weighted by Gasteiger charge is -2.35. The van der Waals surface area contributed by atoms with Crippen LogP contribution in [0.5, 0.6) is 0 Å². The van der Waals surface area contributed by atoms with E-state index in [1.54, 1.807) is 0 Å². The molecule has 8 heteroatoms. The summed E-state index contributed by atoms with van der Waals surface area (Å²) in [7, 11) is -2.91. The summed E-state index contributed by atoms with van der Waals surface area (Å²) in [4.78, 5) is 4.70. The molecular weight excluding hydrogens is 441 g/mol. The van der Waals surface area contributed by atoms with Crippen LogP contribution in [0, 0.1) is 5.41 Å². The lowest BCUT2D eigenvalue weighted by Crippen LogP contribution is -2.39. The molecule has 0 atom stereocenters. The Morgan fingerprint density at radius 3 is 2.42 bits per heavy atom. The van der Waals surface area contributed by atoms with Crippen LogP contribution in [-0.2, 0) is 9.84 Å². The smallest absolute Gasteiger partial charge is 0.191 e. The minimum atomic E-state index is -2.91. The number of aliphatic hydroxyl groups excluding tert-OH is 1. The zero-order chi connectivity index (χ0) is 17.2. The molecule has 1 aliphatic rings. The van der Waals surface area contributed by atoms with Gasteiger partial charge >= 0.3 is 0 Å². The number of nitrogens with zero attached hydrogens (tertiary/aromatic N) is 1. The number of aliphatic hydroxyl groups is 1. The first kappa shape index (κ1) is 23.9. The van der Waals surface area contributed by atoms with Crippen molar-refractivity contribution in [3.8, 4) is 0 Å². The van der Waals surface area contributed by atoms with Gasteiger partial charge in [0, 0.05) is 32.5 Å². The Kier molecular flexibility index (Phi) is 12.2. The molecule has 0 radical (unpaired) electrons. The van der Waals surface area contributed by atoms with Gasteiger partial charge in [-0.1, -0.05) is 19.3 Å². The van der Waals surface area contributed by atoms with E-state index in [1.165, 1.54) is 25.5 Å². The van der Waals surface area contributed by atoms with Gasteiger partial charge in [-0.3, -0.25) is 4.99 Å². The normalized spacial score (nSPS) is 17.9. The van der Waals surface area contributed by atoms with Gasteiger partial charge in [0.05, 0.1) is 5.75 Å². The van der Waals surface area contributed by atoms with Crippen molar-refractivity contribution in [2.24, 2.45) is 10.4 Å². The Bertz CT molecular complexity index is 458. The minimum Gasteiger partial charge on any atom is -0.396 e. The summed E-state index contributed by atoms with van der Waals surface area (Å²) >= 11 is 0. The van der Waals surface area contributed by atoms with Gasteiger partial charge in [0.2, 0.25) is 0 Å². The SMILES string of the molecule is CCNC(=NCC1(CCO)CCCCC1)NCCCS(C)(=O)=O.I. The Morgan fingerprint density at radius 2 is 1.88 bits per heavy atom. The first-order valence-electron chi connectivity index (χ1n) is 8.71. The van der Waals surface area contributed by atoms with Gasteiger partial charge in [0.1, 0.15) is 9.84 Å². The first-order chi connectivity index (χ1) is 10.9.